The fraction of sp³-hybridized carbons (Fsp3) is 0.667. The van der Waals surface area contributed by atoms with Crippen LogP contribution in [-0.4, -0.2) is 31.6 Å². The molecule has 0 radical (unpaired) electrons. The molecular formula is C18H30N2. The predicted octanol–water partition coefficient (Wildman–Crippen LogP) is 3.77. The molecule has 1 saturated carbocycles. The van der Waals surface area contributed by atoms with Crippen molar-refractivity contribution in [2.45, 2.75) is 51.6 Å². The van der Waals surface area contributed by atoms with E-state index in [0.717, 1.165) is 18.5 Å². The highest BCUT2D eigenvalue weighted by molar-refractivity contribution is 5.24. The van der Waals surface area contributed by atoms with Crippen LogP contribution in [0.3, 0.4) is 0 Å². The molecule has 2 rings (SSSR count). The smallest absolute Gasteiger partial charge is 0.0446 e. The van der Waals surface area contributed by atoms with Gasteiger partial charge in [-0.3, -0.25) is 0 Å². The Balaban J connectivity index is 1.93. The lowest BCUT2D eigenvalue weighted by Gasteiger charge is -2.35. The minimum Gasteiger partial charge on any atom is -0.312 e. The molecule has 1 N–H and O–H groups in total. The van der Waals surface area contributed by atoms with Crippen molar-refractivity contribution < 1.29 is 0 Å². The van der Waals surface area contributed by atoms with E-state index in [1.807, 2.05) is 0 Å². The van der Waals surface area contributed by atoms with E-state index in [9.17, 15) is 0 Å². The summed E-state index contributed by atoms with van der Waals surface area (Å²) in [7, 11) is 4.36. The van der Waals surface area contributed by atoms with E-state index in [4.69, 9.17) is 0 Å². The van der Waals surface area contributed by atoms with Crippen LogP contribution in [-0.2, 0) is 0 Å². The first-order valence-electron chi connectivity index (χ1n) is 8.04. The highest BCUT2D eigenvalue weighted by atomic mass is 15.1. The zero-order valence-electron chi connectivity index (χ0n) is 13.5. The van der Waals surface area contributed by atoms with Crippen molar-refractivity contribution in [2.24, 2.45) is 5.92 Å². The summed E-state index contributed by atoms with van der Waals surface area (Å²) in [6, 6.07) is 10.1. The average Bonchev–Trinajstić information content (AvgIpc) is 2.46. The van der Waals surface area contributed by atoms with E-state index in [1.165, 1.54) is 36.8 Å². The average molecular weight is 274 g/mol. The minimum atomic E-state index is 0.431. The fourth-order valence-electron chi connectivity index (χ4n) is 3.28. The molecule has 0 aliphatic heterocycles. The molecule has 0 bridgehead atoms. The van der Waals surface area contributed by atoms with Gasteiger partial charge in [-0.2, -0.15) is 0 Å². The summed E-state index contributed by atoms with van der Waals surface area (Å²) >= 11 is 0. The van der Waals surface area contributed by atoms with Crippen LogP contribution in [0.4, 0.5) is 0 Å². The van der Waals surface area contributed by atoms with Crippen molar-refractivity contribution in [2.75, 3.05) is 20.6 Å². The van der Waals surface area contributed by atoms with E-state index < -0.39 is 0 Å². The van der Waals surface area contributed by atoms with Gasteiger partial charge < -0.3 is 10.2 Å². The number of aryl methyl sites for hydroxylation is 1. The van der Waals surface area contributed by atoms with Crippen molar-refractivity contribution >= 4 is 0 Å². The van der Waals surface area contributed by atoms with Crippen molar-refractivity contribution in [3.05, 3.63) is 35.4 Å². The van der Waals surface area contributed by atoms with Gasteiger partial charge in [0.15, 0.2) is 0 Å². The molecule has 1 aliphatic carbocycles. The molecule has 1 fully saturated rings. The molecule has 1 aromatic rings. The van der Waals surface area contributed by atoms with Crippen LogP contribution in [0.25, 0.3) is 0 Å². The maximum Gasteiger partial charge on any atom is 0.0446 e. The molecule has 0 aromatic heterocycles. The molecule has 1 aromatic carbocycles. The molecule has 0 amide bonds. The van der Waals surface area contributed by atoms with E-state index >= 15 is 0 Å². The Morgan fingerprint density at radius 2 is 1.75 bits per heavy atom. The molecule has 1 atom stereocenters. The van der Waals surface area contributed by atoms with Crippen LogP contribution in [0, 0.1) is 12.8 Å². The van der Waals surface area contributed by atoms with Gasteiger partial charge >= 0.3 is 0 Å². The second-order valence-electron chi connectivity index (χ2n) is 6.61. The first-order chi connectivity index (χ1) is 9.60. The van der Waals surface area contributed by atoms with Crippen molar-refractivity contribution in [1.29, 1.82) is 0 Å². The number of nitrogens with zero attached hydrogens (tertiary/aromatic N) is 1. The summed E-state index contributed by atoms with van der Waals surface area (Å²) in [6.45, 7) is 5.63. The summed E-state index contributed by atoms with van der Waals surface area (Å²) in [6.07, 6.45) is 5.51. The largest absolute Gasteiger partial charge is 0.312 e. The first-order valence-corrected chi connectivity index (χ1v) is 8.04. The minimum absolute atomic E-state index is 0.431. The normalized spacial score (nSPS) is 24.9. The lowest BCUT2D eigenvalue weighted by molar-refractivity contribution is 0.158. The van der Waals surface area contributed by atoms with Crippen LogP contribution in [0.1, 0.15) is 49.8 Å². The van der Waals surface area contributed by atoms with E-state index in [1.54, 1.807) is 0 Å². The van der Waals surface area contributed by atoms with Gasteiger partial charge in [-0.25, -0.2) is 0 Å². The van der Waals surface area contributed by atoms with Gasteiger partial charge in [0.2, 0.25) is 0 Å². The fourth-order valence-corrected chi connectivity index (χ4v) is 3.28. The standard InChI is InChI=1S/C18H30N2/c1-14-5-9-16(10-6-14)18(19-3)13-20(4)17-11-7-15(2)8-12-17/h5-6,9-10,15,17-19H,7-8,11-13H2,1-4H3. The third kappa shape index (κ3) is 4.07. The van der Waals surface area contributed by atoms with Crippen LogP contribution in [0.5, 0.6) is 0 Å². The van der Waals surface area contributed by atoms with Gasteiger partial charge in [-0.15, -0.1) is 0 Å². The van der Waals surface area contributed by atoms with Gasteiger partial charge in [-0.05, 0) is 58.2 Å². The topological polar surface area (TPSA) is 15.3 Å². The summed E-state index contributed by atoms with van der Waals surface area (Å²) in [5, 5.41) is 3.47. The maximum atomic E-state index is 3.47. The van der Waals surface area contributed by atoms with Crippen LogP contribution >= 0.6 is 0 Å². The zero-order chi connectivity index (χ0) is 14.5. The van der Waals surface area contributed by atoms with Gasteiger partial charge in [0.25, 0.3) is 0 Å². The van der Waals surface area contributed by atoms with Gasteiger partial charge in [-0.1, -0.05) is 36.8 Å². The number of rotatable bonds is 5. The van der Waals surface area contributed by atoms with Crippen molar-refractivity contribution in [3.8, 4) is 0 Å². The Morgan fingerprint density at radius 1 is 1.15 bits per heavy atom. The second-order valence-corrected chi connectivity index (χ2v) is 6.61. The van der Waals surface area contributed by atoms with Crippen LogP contribution < -0.4 is 5.32 Å². The Kier molecular flexibility index (Phi) is 5.62. The van der Waals surface area contributed by atoms with E-state index in [0.29, 0.717) is 6.04 Å². The summed E-state index contributed by atoms with van der Waals surface area (Å²) in [5.74, 6) is 0.928. The molecule has 2 nitrogen and oxygen atoms in total. The number of benzene rings is 1. The summed E-state index contributed by atoms with van der Waals surface area (Å²) in [4.78, 5) is 2.56. The molecule has 2 heteroatoms. The number of hydrogen-bond donors (Lipinski definition) is 1. The summed E-state index contributed by atoms with van der Waals surface area (Å²) in [5.41, 5.74) is 2.73. The molecule has 0 spiro atoms. The molecular weight excluding hydrogens is 244 g/mol. The lowest BCUT2D eigenvalue weighted by Crippen LogP contribution is -2.40. The predicted molar refractivity (Wildman–Crippen MR) is 87.0 cm³/mol. The Labute approximate surface area is 124 Å². The number of likely N-dealkylation sites (N-methyl/N-ethyl adjacent to an activating group) is 2. The Morgan fingerprint density at radius 3 is 2.30 bits per heavy atom. The summed E-state index contributed by atoms with van der Waals surface area (Å²) < 4.78 is 0. The van der Waals surface area contributed by atoms with Gasteiger partial charge in [0.1, 0.15) is 0 Å². The SMILES string of the molecule is CNC(CN(C)C1CCC(C)CC1)c1ccc(C)cc1. The van der Waals surface area contributed by atoms with Crippen molar-refractivity contribution in [1.82, 2.24) is 10.2 Å². The van der Waals surface area contributed by atoms with Crippen LogP contribution in [0.2, 0.25) is 0 Å². The first kappa shape index (κ1) is 15.5. The monoisotopic (exact) mass is 274 g/mol. The number of nitrogens with one attached hydrogen (secondary N) is 1. The van der Waals surface area contributed by atoms with Gasteiger partial charge in [0.05, 0.1) is 0 Å². The van der Waals surface area contributed by atoms with Gasteiger partial charge in [0, 0.05) is 18.6 Å². The van der Waals surface area contributed by atoms with E-state index in [-0.39, 0.29) is 0 Å². The van der Waals surface area contributed by atoms with E-state index in [2.05, 4.69) is 62.4 Å². The second kappa shape index (κ2) is 7.24. The molecule has 0 heterocycles. The molecule has 112 valence electrons. The molecule has 20 heavy (non-hydrogen) atoms. The number of hydrogen-bond acceptors (Lipinski definition) is 2. The maximum absolute atomic E-state index is 3.47. The molecule has 1 aliphatic rings. The Hall–Kier alpha value is -0.860. The van der Waals surface area contributed by atoms with Crippen molar-refractivity contribution in [3.63, 3.8) is 0 Å². The molecule has 1 unspecified atom stereocenters. The third-order valence-corrected chi connectivity index (χ3v) is 4.91. The lowest BCUT2D eigenvalue weighted by atomic mass is 9.86. The zero-order valence-corrected chi connectivity index (χ0v) is 13.5. The molecule has 0 saturated heterocycles. The van der Waals surface area contributed by atoms with Crippen LogP contribution in [0.15, 0.2) is 24.3 Å². The highest BCUT2D eigenvalue weighted by Gasteiger charge is 2.23. The Bertz CT molecular complexity index is 390. The third-order valence-electron chi connectivity index (χ3n) is 4.91. The highest BCUT2D eigenvalue weighted by Crippen LogP contribution is 2.27. The quantitative estimate of drug-likeness (QED) is 0.879.